The number of H-pyrrole nitrogens is 1. The maximum Gasteiger partial charge on any atom is 0.226 e. The number of aromatic amines is 1. The first-order chi connectivity index (χ1) is 9.19. The van der Waals surface area contributed by atoms with Gasteiger partial charge < -0.3 is 4.90 Å². The zero-order valence-corrected chi connectivity index (χ0v) is 13.2. The maximum atomic E-state index is 5.46. The molecule has 1 unspecified atom stereocenters. The number of nitrogens with zero attached hydrogens (tertiary/aromatic N) is 3. The Labute approximate surface area is 121 Å². The zero-order valence-electron chi connectivity index (χ0n) is 12.4. The summed E-state index contributed by atoms with van der Waals surface area (Å²) in [5.74, 6) is 1.04. The van der Waals surface area contributed by atoms with Crippen LogP contribution in [0.3, 0.4) is 0 Å². The van der Waals surface area contributed by atoms with Gasteiger partial charge in [0, 0.05) is 18.6 Å². The standard InChI is InChI=1S/C14H26N4S/c1-4-11(3)17(5-2)13-15-16-14(19)18(13)12-9-7-6-8-10-12/h11-12H,4-10H2,1-3H3,(H,16,19). The van der Waals surface area contributed by atoms with Crippen LogP contribution in [-0.2, 0) is 0 Å². The van der Waals surface area contributed by atoms with Gasteiger partial charge in [0.2, 0.25) is 5.95 Å². The number of rotatable bonds is 5. The highest BCUT2D eigenvalue weighted by molar-refractivity contribution is 7.71. The third-order valence-corrected chi connectivity index (χ3v) is 4.63. The van der Waals surface area contributed by atoms with Gasteiger partial charge >= 0.3 is 0 Å². The lowest BCUT2D eigenvalue weighted by molar-refractivity contribution is 0.348. The van der Waals surface area contributed by atoms with E-state index in [1.165, 1.54) is 32.1 Å². The molecule has 0 radical (unpaired) electrons. The van der Waals surface area contributed by atoms with E-state index < -0.39 is 0 Å². The highest BCUT2D eigenvalue weighted by Crippen LogP contribution is 2.31. The lowest BCUT2D eigenvalue weighted by Gasteiger charge is -2.31. The van der Waals surface area contributed by atoms with Crippen molar-refractivity contribution in [2.75, 3.05) is 11.4 Å². The molecule has 1 heterocycles. The minimum atomic E-state index is 0.498. The molecule has 0 aromatic carbocycles. The Kier molecular flexibility index (Phi) is 5.02. The fourth-order valence-electron chi connectivity index (χ4n) is 3.04. The first-order valence-corrected chi connectivity index (χ1v) is 8.03. The highest BCUT2D eigenvalue weighted by atomic mass is 32.1. The third-order valence-electron chi connectivity index (χ3n) is 4.35. The summed E-state index contributed by atoms with van der Waals surface area (Å²) in [7, 11) is 0. The van der Waals surface area contributed by atoms with E-state index in [9.17, 15) is 0 Å². The van der Waals surface area contributed by atoms with Crippen LogP contribution in [0.1, 0.15) is 65.3 Å². The molecule has 0 spiro atoms. The number of anilines is 1. The fourth-order valence-corrected chi connectivity index (χ4v) is 3.31. The van der Waals surface area contributed by atoms with E-state index in [2.05, 4.69) is 40.4 Å². The van der Waals surface area contributed by atoms with Gasteiger partial charge in [-0.2, -0.15) is 0 Å². The van der Waals surface area contributed by atoms with Crippen molar-refractivity contribution in [2.24, 2.45) is 0 Å². The van der Waals surface area contributed by atoms with Crippen LogP contribution < -0.4 is 4.90 Å². The van der Waals surface area contributed by atoms with E-state index in [0.29, 0.717) is 12.1 Å². The molecule has 2 rings (SSSR count). The van der Waals surface area contributed by atoms with Gasteiger partial charge in [0.15, 0.2) is 4.77 Å². The van der Waals surface area contributed by atoms with Gasteiger partial charge in [-0.1, -0.05) is 26.2 Å². The zero-order chi connectivity index (χ0) is 13.8. The third kappa shape index (κ3) is 3.02. The van der Waals surface area contributed by atoms with Crippen molar-refractivity contribution in [2.45, 2.75) is 71.4 Å². The first kappa shape index (κ1) is 14.6. The Morgan fingerprint density at radius 2 is 2.05 bits per heavy atom. The Hall–Kier alpha value is -0.840. The van der Waals surface area contributed by atoms with Crippen molar-refractivity contribution >= 4 is 18.2 Å². The molecule has 1 fully saturated rings. The molecule has 1 aliphatic carbocycles. The molecule has 5 heteroatoms. The van der Waals surface area contributed by atoms with Crippen molar-refractivity contribution in [1.82, 2.24) is 14.8 Å². The average molecular weight is 282 g/mol. The Morgan fingerprint density at radius 3 is 2.63 bits per heavy atom. The maximum absolute atomic E-state index is 5.46. The van der Waals surface area contributed by atoms with Gasteiger partial charge in [0.05, 0.1) is 0 Å². The summed E-state index contributed by atoms with van der Waals surface area (Å²) in [6.07, 6.45) is 7.58. The molecule has 4 nitrogen and oxygen atoms in total. The van der Waals surface area contributed by atoms with Gasteiger partial charge in [-0.3, -0.25) is 4.57 Å². The van der Waals surface area contributed by atoms with Crippen molar-refractivity contribution in [3.05, 3.63) is 4.77 Å². The molecule has 0 bridgehead atoms. The minimum absolute atomic E-state index is 0.498. The summed E-state index contributed by atoms with van der Waals surface area (Å²) in [5, 5.41) is 7.51. The molecule has 1 atom stereocenters. The lowest BCUT2D eigenvalue weighted by Crippen LogP contribution is -2.35. The molecule has 1 aromatic rings. The molecule has 1 aliphatic rings. The van der Waals surface area contributed by atoms with Crippen molar-refractivity contribution in [3.63, 3.8) is 0 Å². The number of hydrogen-bond donors (Lipinski definition) is 1. The van der Waals surface area contributed by atoms with Crippen LogP contribution in [0.25, 0.3) is 0 Å². The predicted molar refractivity (Wildman–Crippen MR) is 82.3 cm³/mol. The molecule has 1 aromatic heterocycles. The monoisotopic (exact) mass is 282 g/mol. The van der Waals surface area contributed by atoms with Crippen LogP contribution in [0.5, 0.6) is 0 Å². The highest BCUT2D eigenvalue weighted by Gasteiger charge is 2.24. The normalized spacial score (nSPS) is 18.5. The van der Waals surface area contributed by atoms with Crippen LogP contribution >= 0.6 is 12.2 Å². The summed E-state index contributed by atoms with van der Waals surface area (Å²) in [4.78, 5) is 2.36. The van der Waals surface area contributed by atoms with Crippen molar-refractivity contribution in [3.8, 4) is 0 Å². The summed E-state index contributed by atoms with van der Waals surface area (Å²) < 4.78 is 3.05. The van der Waals surface area contributed by atoms with E-state index >= 15 is 0 Å². The largest absolute Gasteiger partial charge is 0.339 e. The van der Waals surface area contributed by atoms with Gasteiger partial charge in [0.25, 0.3) is 0 Å². The first-order valence-electron chi connectivity index (χ1n) is 7.62. The molecule has 0 amide bonds. The predicted octanol–water partition coefficient (Wildman–Crippen LogP) is 4.07. The molecule has 1 saturated carbocycles. The summed E-state index contributed by atoms with van der Waals surface area (Å²) in [6, 6.07) is 1.03. The van der Waals surface area contributed by atoms with E-state index in [4.69, 9.17) is 12.2 Å². The van der Waals surface area contributed by atoms with E-state index in [0.717, 1.165) is 23.7 Å². The second kappa shape index (κ2) is 6.55. The second-order valence-electron chi connectivity index (χ2n) is 5.53. The molecule has 1 N–H and O–H groups in total. The van der Waals surface area contributed by atoms with Crippen LogP contribution in [0, 0.1) is 4.77 Å². The van der Waals surface area contributed by atoms with Crippen molar-refractivity contribution in [1.29, 1.82) is 0 Å². The Morgan fingerprint density at radius 1 is 1.37 bits per heavy atom. The topological polar surface area (TPSA) is 36.9 Å². The van der Waals surface area contributed by atoms with Crippen LogP contribution in [0.2, 0.25) is 0 Å². The van der Waals surface area contributed by atoms with Gasteiger partial charge in [-0.05, 0) is 45.3 Å². The van der Waals surface area contributed by atoms with E-state index in [1.54, 1.807) is 0 Å². The molecule has 108 valence electrons. The Bertz CT molecular complexity index is 445. The van der Waals surface area contributed by atoms with Crippen molar-refractivity contribution < 1.29 is 0 Å². The molecule has 0 saturated heterocycles. The molecular formula is C14H26N4S. The molecule has 0 aliphatic heterocycles. The van der Waals surface area contributed by atoms with E-state index in [1.807, 2.05) is 0 Å². The number of aromatic nitrogens is 3. The summed E-state index contributed by atoms with van der Waals surface area (Å²) in [6.45, 7) is 7.64. The van der Waals surface area contributed by atoms with Gasteiger partial charge in [-0.15, -0.1) is 5.10 Å². The number of nitrogens with one attached hydrogen (secondary N) is 1. The Balaban J connectivity index is 2.32. The van der Waals surface area contributed by atoms with Gasteiger partial charge in [0.1, 0.15) is 0 Å². The van der Waals surface area contributed by atoms with Crippen LogP contribution in [0.15, 0.2) is 0 Å². The van der Waals surface area contributed by atoms with Crippen LogP contribution in [-0.4, -0.2) is 27.4 Å². The summed E-state index contributed by atoms with van der Waals surface area (Å²) in [5.41, 5.74) is 0. The smallest absolute Gasteiger partial charge is 0.226 e. The van der Waals surface area contributed by atoms with Gasteiger partial charge in [-0.25, -0.2) is 5.10 Å². The number of hydrogen-bond acceptors (Lipinski definition) is 3. The SMILES string of the molecule is CCC(C)N(CC)c1n[nH]c(=S)n1C1CCCCC1. The minimum Gasteiger partial charge on any atom is -0.339 e. The summed E-state index contributed by atoms with van der Waals surface area (Å²) >= 11 is 5.46. The molecule has 19 heavy (non-hydrogen) atoms. The second-order valence-corrected chi connectivity index (χ2v) is 5.92. The fraction of sp³-hybridized carbons (Fsp3) is 0.857. The van der Waals surface area contributed by atoms with E-state index in [-0.39, 0.29) is 0 Å². The average Bonchev–Trinajstić information content (AvgIpc) is 2.82. The molecular weight excluding hydrogens is 256 g/mol. The quantitative estimate of drug-likeness (QED) is 0.827. The lowest BCUT2D eigenvalue weighted by atomic mass is 9.95. The van der Waals surface area contributed by atoms with Crippen LogP contribution in [0.4, 0.5) is 5.95 Å².